The number of hydrogen-bond acceptors (Lipinski definition) is 1. The molecule has 7 aromatic rings. The lowest BCUT2D eigenvalue weighted by Gasteiger charge is -2.08. The molecular formula is C30H18ClNS. The van der Waals surface area contributed by atoms with Crippen LogP contribution in [0.25, 0.3) is 58.8 Å². The Hall–Kier alpha value is -3.59. The van der Waals surface area contributed by atoms with Crippen molar-refractivity contribution in [2.24, 2.45) is 0 Å². The minimum absolute atomic E-state index is 0.756. The molecule has 0 N–H and O–H groups in total. The molecule has 3 heteroatoms. The van der Waals surface area contributed by atoms with Gasteiger partial charge in [-0.2, -0.15) is 0 Å². The van der Waals surface area contributed by atoms with E-state index in [0.717, 1.165) is 16.2 Å². The van der Waals surface area contributed by atoms with Crippen LogP contribution in [0.1, 0.15) is 0 Å². The minimum Gasteiger partial charge on any atom is -0.309 e. The van der Waals surface area contributed by atoms with Crippen LogP contribution < -0.4 is 0 Å². The molecule has 0 aliphatic rings. The molecule has 0 saturated carbocycles. The summed E-state index contributed by atoms with van der Waals surface area (Å²) in [7, 11) is 0. The number of benzene rings is 5. The SMILES string of the molecule is Clc1ccc2c(c1)c1cc(-c3ccc4sc5ccccc5c4c3)ccc1n2-c1ccccc1. The second kappa shape index (κ2) is 7.21. The van der Waals surface area contributed by atoms with E-state index >= 15 is 0 Å². The number of nitrogens with zero attached hydrogens (tertiary/aromatic N) is 1. The van der Waals surface area contributed by atoms with Crippen molar-refractivity contribution in [1.29, 1.82) is 0 Å². The molecule has 0 atom stereocenters. The monoisotopic (exact) mass is 459 g/mol. The van der Waals surface area contributed by atoms with Crippen LogP contribution in [-0.2, 0) is 0 Å². The highest BCUT2D eigenvalue weighted by Gasteiger charge is 2.14. The molecule has 2 heterocycles. The Labute approximate surface area is 200 Å². The molecule has 0 unspecified atom stereocenters. The summed E-state index contributed by atoms with van der Waals surface area (Å²) in [5.41, 5.74) is 5.95. The van der Waals surface area contributed by atoms with Gasteiger partial charge in [0.1, 0.15) is 0 Å². The van der Waals surface area contributed by atoms with Crippen molar-refractivity contribution < 1.29 is 0 Å². The Kier molecular flexibility index (Phi) is 4.14. The van der Waals surface area contributed by atoms with E-state index < -0.39 is 0 Å². The third kappa shape index (κ3) is 2.92. The van der Waals surface area contributed by atoms with Crippen molar-refractivity contribution in [3.8, 4) is 16.8 Å². The average Bonchev–Trinajstić information content (AvgIpc) is 3.39. The van der Waals surface area contributed by atoms with Crippen LogP contribution in [0.5, 0.6) is 0 Å². The highest BCUT2D eigenvalue weighted by Crippen LogP contribution is 2.39. The second-order valence-electron chi connectivity index (χ2n) is 8.37. The van der Waals surface area contributed by atoms with Gasteiger partial charge >= 0.3 is 0 Å². The van der Waals surface area contributed by atoms with Crippen molar-refractivity contribution in [2.45, 2.75) is 0 Å². The first kappa shape index (κ1) is 18.9. The van der Waals surface area contributed by atoms with Gasteiger partial charge in [0.25, 0.3) is 0 Å². The Morgan fingerprint density at radius 2 is 1.15 bits per heavy atom. The van der Waals surface area contributed by atoms with Gasteiger partial charge in [-0.15, -0.1) is 11.3 Å². The maximum absolute atomic E-state index is 6.43. The number of rotatable bonds is 2. The van der Waals surface area contributed by atoms with Gasteiger partial charge in [-0.25, -0.2) is 0 Å². The molecule has 0 radical (unpaired) electrons. The summed E-state index contributed by atoms with van der Waals surface area (Å²) in [5, 5.41) is 5.79. The quantitative estimate of drug-likeness (QED) is 0.242. The molecular weight excluding hydrogens is 442 g/mol. The van der Waals surface area contributed by atoms with Gasteiger partial charge in [-0.3, -0.25) is 0 Å². The predicted octanol–water partition coefficient (Wildman–Crippen LogP) is 9.47. The fraction of sp³-hybridized carbons (Fsp3) is 0. The van der Waals surface area contributed by atoms with Crippen LogP contribution in [0.3, 0.4) is 0 Å². The van der Waals surface area contributed by atoms with Crippen LogP contribution in [-0.4, -0.2) is 4.57 Å². The van der Waals surface area contributed by atoms with Gasteiger partial charge in [0.2, 0.25) is 0 Å². The predicted molar refractivity (Wildman–Crippen MR) is 144 cm³/mol. The summed E-state index contributed by atoms with van der Waals surface area (Å²) >= 11 is 8.29. The Balaban J connectivity index is 1.50. The summed E-state index contributed by atoms with van der Waals surface area (Å²) < 4.78 is 4.98. The smallest absolute Gasteiger partial charge is 0.0542 e. The minimum atomic E-state index is 0.756. The third-order valence-electron chi connectivity index (χ3n) is 6.45. The maximum Gasteiger partial charge on any atom is 0.0542 e. The number of para-hydroxylation sites is 1. The van der Waals surface area contributed by atoms with E-state index in [2.05, 4.69) is 108 Å². The lowest BCUT2D eigenvalue weighted by Crippen LogP contribution is -1.92. The van der Waals surface area contributed by atoms with Gasteiger partial charge < -0.3 is 4.57 Å². The number of aromatic nitrogens is 1. The maximum atomic E-state index is 6.43. The highest BCUT2D eigenvalue weighted by molar-refractivity contribution is 7.25. The molecule has 5 aromatic carbocycles. The van der Waals surface area contributed by atoms with E-state index in [1.54, 1.807) is 0 Å². The Morgan fingerprint density at radius 1 is 0.515 bits per heavy atom. The van der Waals surface area contributed by atoms with E-state index in [1.807, 2.05) is 17.4 Å². The molecule has 7 rings (SSSR count). The van der Waals surface area contributed by atoms with E-state index in [-0.39, 0.29) is 0 Å². The fourth-order valence-corrected chi connectivity index (χ4v) is 6.19. The Morgan fingerprint density at radius 3 is 2.00 bits per heavy atom. The lowest BCUT2D eigenvalue weighted by molar-refractivity contribution is 1.18. The summed E-state index contributed by atoms with van der Waals surface area (Å²) in [6.07, 6.45) is 0. The van der Waals surface area contributed by atoms with E-state index in [1.165, 1.54) is 47.6 Å². The van der Waals surface area contributed by atoms with Crippen LogP contribution in [0, 0.1) is 0 Å². The molecule has 0 bridgehead atoms. The van der Waals surface area contributed by atoms with Gasteiger partial charge in [0.05, 0.1) is 11.0 Å². The lowest BCUT2D eigenvalue weighted by atomic mass is 10.0. The molecule has 0 fully saturated rings. The zero-order valence-corrected chi connectivity index (χ0v) is 19.2. The summed E-state index contributed by atoms with van der Waals surface area (Å²) in [6.45, 7) is 0. The molecule has 1 nitrogen and oxygen atoms in total. The van der Waals surface area contributed by atoms with Crippen molar-refractivity contribution in [3.05, 3.63) is 114 Å². The Bertz CT molecular complexity index is 1830. The van der Waals surface area contributed by atoms with Crippen molar-refractivity contribution in [1.82, 2.24) is 4.57 Å². The number of thiophene rings is 1. The zero-order chi connectivity index (χ0) is 21.9. The number of halogens is 1. The van der Waals surface area contributed by atoms with E-state index in [4.69, 9.17) is 11.6 Å². The van der Waals surface area contributed by atoms with Crippen molar-refractivity contribution in [3.63, 3.8) is 0 Å². The largest absolute Gasteiger partial charge is 0.309 e. The van der Waals surface area contributed by atoms with Gasteiger partial charge in [-0.05, 0) is 71.8 Å². The molecule has 0 amide bonds. The van der Waals surface area contributed by atoms with E-state index in [9.17, 15) is 0 Å². The molecule has 156 valence electrons. The van der Waals surface area contributed by atoms with Gasteiger partial charge in [0, 0.05) is 41.7 Å². The van der Waals surface area contributed by atoms with Crippen LogP contribution in [0.4, 0.5) is 0 Å². The first-order chi connectivity index (χ1) is 16.3. The highest BCUT2D eigenvalue weighted by atomic mass is 35.5. The fourth-order valence-electron chi connectivity index (χ4n) is 4.94. The topological polar surface area (TPSA) is 4.93 Å². The van der Waals surface area contributed by atoms with Crippen molar-refractivity contribution >= 4 is 64.9 Å². The first-order valence-corrected chi connectivity index (χ1v) is 12.2. The van der Waals surface area contributed by atoms with Crippen LogP contribution in [0.2, 0.25) is 5.02 Å². The van der Waals surface area contributed by atoms with Crippen LogP contribution >= 0.6 is 22.9 Å². The second-order valence-corrected chi connectivity index (χ2v) is 9.89. The number of hydrogen-bond donors (Lipinski definition) is 0. The van der Waals surface area contributed by atoms with Gasteiger partial charge in [-0.1, -0.05) is 60.1 Å². The standard InChI is InChI=1S/C30H18ClNS/c31-21-12-14-28-25(18-21)24-16-19(10-13-27(24)32(28)22-6-2-1-3-7-22)20-11-15-30-26(17-20)23-8-4-5-9-29(23)33-30/h1-18H. The summed E-state index contributed by atoms with van der Waals surface area (Å²) in [5.74, 6) is 0. The zero-order valence-electron chi connectivity index (χ0n) is 17.6. The molecule has 0 spiro atoms. The molecule has 0 aliphatic heterocycles. The van der Waals surface area contributed by atoms with E-state index in [0.29, 0.717) is 0 Å². The summed E-state index contributed by atoms with van der Waals surface area (Å²) in [4.78, 5) is 0. The normalized spacial score (nSPS) is 11.8. The molecule has 33 heavy (non-hydrogen) atoms. The van der Waals surface area contributed by atoms with Gasteiger partial charge in [0.15, 0.2) is 0 Å². The number of fused-ring (bicyclic) bond motifs is 6. The molecule has 0 saturated heterocycles. The molecule has 2 aromatic heterocycles. The molecule has 0 aliphatic carbocycles. The first-order valence-electron chi connectivity index (χ1n) is 11.0. The van der Waals surface area contributed by atoms with Crippen LogP contribution in [0.15, 0.2) is 109 Å². The average molecular weight is 460 g/mol. The summed E-state index contributed by atoms with van der Waals surface area (Å²) in [6, 6.07) is 38.9. The van der Waals surface area contributed by atoms with Crippen molar-refractivity contribution in [2.75, 3.05) is 0 Å². The third-order valence-corrected chi connectivity index (χ3v) is 7.84.